The van der Waals surface area contributed by atoms with Crippen LogP contribution < -0.4 is 24.1 Å². The van der Waals surface area contributed by atoms with Crippen molar-refractivity contribution >= 4 is 41.0 Å². The molecule has 1 aromatic heterocycles. The Morgan fingerprint density at radius 1 is 0.923 bits per heavy atom. The van der Waals surface area contributed by atoms with Crippen LogP contribution in [0, 0.1) is 5.92 Å². The number of amides is 1. The van der Waals surface area contributed by atoms with Gasteiger partial charge in [0.2, 0.25) is 0 Å². The highest BCUT2D eigenvalue weighted by Crippen LogP contribution is 2.37. The van der Waals surface area contributed by atoms with E-state index in [1.807, 2.05) is 0 Å². The zero-order valence-electron chi connectivity index (χ0n) is 29.0. The molecule has 0 saturated carbocycles. The predicted molar refractivity (Wildman–Crippen MR) is 193 cm³/mol. The number of hydrogen-bond acceptors (Lipinski definition) is 10. The molecule has 3 aliphatic heterocycles. The second-order valence-electron chi connectivity index (χ2n) is 12.5. The van der Waals surface area contributed by atoms with Crippen LogP contribution in [0.25, 0.3) is 0 Å². The number of anilines is 1. The zero-order chi connectivity index (χ0) is 36.1. The average Bonchev–Trinajstić information content (AvgIpc) is 3.15. The molecule has 3 aliphatic rings. The van der Waals surface area contributed by atoms with Gasteiger partial charge in [-0.25, -0.2) is 14.6 Å². The van der Waals surface area contributed by atoms with Crippen molar-refractivity contribution in [2.45, 2.75) is 38.0 Å². The fourth-order valence-corrected chi connectivity index (χ4v) is 7.13. The van der Waals surface area contributed by atoms with Crippen LogP contribution >= 0.6 is 23.2 Å². The van der Waals surface area contributed by atoms with Crippen molar-refractivity contribution in [1.82, 2.24) is 4.90 Å². The van der Waals surface area contributed by atoms with E-state index < -0.39 is 18.2 Å². The van der Waals surface area contributed by atoms with E-state index in [1.54, 1.807) is 74.1 Å². The van der Waals surface area contributed by atoms with Crippen LogP contribution in [0.4, 0.5) is 10.5 Å². The van der Waals surface area contributed by atoms with Crippen LogP contribution in [0.5, 0.6) is 23.0 Å². The number of fused-ring (bicyclic) bond motifs is 3. The molecular weight excluding hydrogens is 713 g/mol. The van der Waals surface area contributed by atoms with Crippen molar-refractivity contribution in [3.8, 4) is 23.0 Å². The standard InChI is InChI=1S/C38H39Cl2N3O8.H2O/c1-47-27-9-10-32(44)31(17-27)43(38(46)51-36-22-42-14-12-24(36)13-15-42)21-23-4-6-25(7-5-23)37(45)50-34(18-28-29(39)19-41-20-30(28)40)26-8-11-33(48-2)35(16-26)49-3;/h4-11,16-17,19-20,24,34,36,44H,12-15,18,21-22H2,1-3H3;1H2/t34-,36-;/m0./s1. The topological polar surface area (TPSA) is 151 Å². The Kier molecular flexibility index (Phi) is 12.7. The number of halogens is 2. The maximum atomic E-state index is 13.8. The molecule has 7 rings (SSSR count). The molecule has 2 atom stereocenters. The number of phenolic OH excluding ortho intramolecular Hbond substituents is 1. The third kappa shape index (κ3) is 8.64. The van der Waals surface area contributed by atoms with Gasteiger partial charge >= 0.3 is 12.1 Å². The number of carbonyl (C=O) groups is 2. The van der Waals surface area contributed by atoms with Gasteiger partial charge in [-0.15, -0.1) is 0 Å². The zero-order valence-corrected chi connectivity index (χ0v) is 30.5. The van der Waals surface area contributed by atoms with E-state index >= 15 is 0 Å². The van der Waals surface area contributed by atoms with Crippen molar-refractivity contribution < 1.29 is 48.8 Å². The Hall–Kier alpha value is -4.75. The molecule has 3 saturated heterocycles. The van der Waals surface area contributed by atoms with E-state index in [1.165, 1.54) is 25.2 Å². The first-order valence-corrected chi connectivity index (χ1v) is 17.4. The number of piperidine rings is 3. The SMILES string of the molecule is COc1ccc(O)c(N(Cc2ccc(C(=O)O[C@@H](Cc3c(Cl)c[nH+]cc3Cl)c3ccc(OC)c(OC)c3)cc2)C(=O)O[C@H]2CN3CCC2CC3)c1.[OH-]. The second kappa shape index (κ2) is 17.2. The first kappa shape index (κ1) is 38.5. The van der Waals surface area contributed by atoms with E-state index in [4.69, 9.17) is 46.9 Å². The van der Waals surface area contributed by atoms with Crippen molar-refractivity contribution in [3.63, 3.8) is 0 Å². The number of nitrogens with one attached hydrogen (secondary N) is 1. The van der Waals surface area contributed by atoms with Gasteiger partial charge in [-0.05, 0) is 79.4 Å². The number of rotatable bonds is 12. The quantitative estimate of drug-likeness (QED) is 0.154. The molecule has 0 spiro atoms. The maximum absolute atomic E-state index is 13.8. The van der Waals surface area contributed by atoms with Crippen LogP contribution in [0.2, 0.25) is 10.0 Å². The van der Waals surface area contributed by atoms with Gasteiger partial charge in [0.15, 0.2) is 23.9 Å². The molecule has 3 N–H and O–H groups in total. The summed E-state index contributed by atoms with van der Waals surface area (Å²) in [6.45, 7) is 2.77. The highest BCUT2D eigenvalue weighted by atomic mass is 35.5. The summed E-state index contributed by atoms with van der Waals surface area (Å²) in [5, 5.41) is 11.6. The summed E-state index contributed by atoms with van der Waals surface area (Å²) in [6, 6.07) is 16.7. The fraction of sp³-hybridized carbons (Fsp3) is 0.342. The number of benzene rings is 3. The summed E-state index contributed by atoms with van der Waals surface area (Å²) in [6.07, 6.45) is 3.77. The monoisotopic (exact) mass is 753 g/mol. The van der Waals surface area contributed by atoms with Crippen LogP contribution in [0.1, 0.15) is 46.0 Å². The number of hydrogen-bond donors (Lipinski definition) is 1. The van der Waals surface area contributed by atoms with Gasteiger partial charge in [0.1, 0.15) is 33.8 Å². The lowest BCUT2D eigenvalue weighted by Crippen LogP contribution is -2.53. The van der Waals surface area contributed by atoms with Gasteiger partial charge in [0.05, 0.1) is 39.1 Å². The van der Waals surface area contributed by atoms with Gasteiger partial charge in [-0.2, -0.15) is 0 Å². The third-order valence-corrected chi connectivity index (χ3v) is 10.2. The number of H-pyrrole nitrogens is 1. The number of pyridine rings is 1. The molecule has 3 aromatic carbocycles. The van der Waals surface area contributed by atoms with E-state index in [0.717, 1.165) is 25.9 Å². The summed E-state index contributed by atoms with van der Waals surface area (Å²) >= 11 is 13.0. The summed E-state index contributed by atoms with van der Waals surface area (Å²) in [7, 11) is 4.58. The Morgan fingerprint density at radius 3 is 2.23 bits per heavy atom. The number of aromatic hydroxyl groups is 1. The van der Waals surface area contributed by atoms with Gasteiger partial charge in [-0.1, -0.05) is 41.4 Å². The van der Waals surface area contributed by atoms with Gasteiger partial charge < -0.3 is 34.3 Å². The number of esters is 1. The van der Waals surface area contributed by atoms with Crippen LogP contribution in [0.3, 0.4) is 0 Å². The lowest BCUT2D eigenvalue weighted by molar-refractivity contribution is -0.377. The number of carbonyl (C=O) groups excluding carboxylic acids is 2. The number of methoxy groups -OCH3 is 3. The first-order chi connectivity index (χ1) is 24.7. The van der Waals surface area contributed by atoms with E-state index in [0.29, 0.717) is 56.4 Å². The molecule has 1 amide bonds. The van der Waals surface area contributed by atoms with Gasteiger partial charge in [0, 0.05) is 24.6 Å². The summed E-state index contributed by atoms with van der Waals surface area (Å²) in [4.78, 5) is 34.0. The molecular formula is C38H41Cl2N3O9. The Bertz CT molecular complexity index is 1850. The van der Waals surface area contributed by atoms with Crippen molar-refractivity contribution in [2.24, 2.45) is 5.92 Å². The molecule has 0 aliphatic carbocycles. The summed E-state index contributed by atoms with van der Waals surface area (Å²) < 4.78 is 28.4. The van der Waals surface area contributed by atoms with Crippen molar-refractivity contribution in [3.05, 3.63) is 105 Å². The molecule has 14 heteroatoms. The summed E-state index contributed by atoms with van der Waals surface area (Å²) in [5.41, 5.74) is 2.47. The maximum Gasteiger partial charge on any atom is 0.415 e. The average molecular weight is 755 g/mol. The Morgan fingerprint density at radius 2 is 1.62 bits per heavy atom. The number of aromatic amines is 1. The normalized spacial score (nSPS) is 18.1. The van der Waals surface area contributed by atoms with Crippen LogP contribution in [-0.2, 0) is 22.4 Å². The first-order valence-electron chi connectivity index (χ1n) is 16.6. The minimum Gasteiger partial charge on any atom is -0.870 e. The van der Waals surface area contributed by atoms with Crippen molar-refractivity contribution in [1.29, 1.82) is 0 Å². The van der Waals surface area contributed by atoms with Gasteiger partial charge in [-0.3, -0.25) is 9.80 Å². The highest BCUT2D eigenvalue weighted by Gasteiger charge is 2.38. The third-order valence-electron chi connectivity index (χ3n) is 9.49. The molecule has 12 nitrogen and oxygen atoms in total. The molecule has 0 unspecified atom stereocenters. The Labute approximate surface area is 312 Å². The van der Waals surface area contributed by atoms with Crippen LogP contribution in [-0.4, -0.2) is 74.6 Å². The molecule has 276 valence electrons. The fourth-order valence-electron chi connectivity index (χ4n) is 6.60. The lowest BCUT2D eigenvalue weighted by Gasteiger charge is -2.44. The largest absolute Gasteiger partial charge is 0.870 e. The van der Waals surface area contributed by atoms with E-state index in [2.05, 4.69) is 9.88 Å². The number of ether oxygens (including phenoxy) is 5. The number of phenols is 1. The number of nitrogens with zero attached hydrogens (tertiary/aromatic N) is 2. The molecule has 52 heavy (non-hydrogen) atoms. The molecule has 2 bridgehead atoms. The molecule has 3 fully saturated rings. The molecule has 4 aromatic rings. The predicted octanol–water partition coefficient (Wildman–Crippen LogP) is 6.74. The van der Waals surface area contributed by atoms with E-state index in [-0.39, 0.29) is 41.5 Å². The highest BCUT2D eigenvalue weighted by molar-refractivity contribution is 6.35. The minimum absolute atomic E-state index is 0. The Balaban J connectivity index is 0.00000523. The second-order valence-corrected chi connectivity index (χ2v) is 13.4. The lowest BCUT2D eigenvalue weighted by atomic mass is 9.86. The van der Waals surface area contributed by atoms with Crippen molar-refractivity contribution in [2.75, 3.05) is 45.9 Å². The summed E-state index contributed by atoms with van der Waals surface area (Å²) in [5.74, 6) is 1.09. The smallest absolute Gasteiger partial charge is 0.415 e. The van der Waals surface area contributed by atoms with Crippen LogP contribution in [0.15, 0.2) is 73.1 Å². The van der Waals surface area contributed by atoms with Gasteiger partial charge in [0.25, 0.3) is 0 Å². The molecule has 0 radical (unpaired) electrons. The minimum atomic E-state index is -0.790. The van der Waals surface area contributed by atoms with E-state index in [9.17, 15) is 14.7 Å². The molecule has 4 heterocycles. The number of aromatic nitrogens is 1.